The molecular weight excluding hydrogens is 406 g/mol. The Kier molecular flexibility index (Phi) is 5.49. The van der Waals surface area contributed by atoms with E-state index in [1.807, 2.05) is 13.8 Å². The third kappa shape index (κ3) is 4.18. The first-order chi connectivity index (χ1) is 14.5. The number of nitrogens with zero attached hydrogens (tertiary/aromatic N) is 4. The second-order valence-electron chi connectivity index (χ2n) is 6.58. The number of anilines is 1. The summed E-state index contributed by atoms with van der Waals surface area (Å²) < 4.78 is 12.4. The summed E-state index contributed by atoms with van der Waals surface area (Å²) in [6, 6.07) is 12.1. The van der Waals surface area contributed by atoms with E-state index in [1.165, 1.54) is 6.33 Å². The van der Waals surface area contributed by atoms with Crippen molar-refractivity contribution in [3.63, 3.8) is 0 Å². The summed E-state index contributed by atoms with van der Waals surface area (Å²) in [6.07, 6.45) is 2.97. The first-order valence-electron chi connectivity index (χ1n) is 9.12. The molecule has 4 rings (SSSR count). The van der Waals surface area contributed by atoms with Crippen LogP contribution >= 0.6 is 11.6 Å². The molecule has 1 N–H and O–H groups in total. The van der Waals surface area contributed by atoms with E-state index in [4.69, 9.17) is 20.9 Å². The molecule has 0 aliphatic rings. The summed E-state index contributed by atoms with van der Waals surface area (Å²) in [4.78, 5) is 16.4. The van der Waals surface area contributed by atoms with Crippen molar-refractivity contribution < 1.29 is 14.1 Å². The molecule has 30 heavy (non-hydrogen) atoms. The lowest BCUT2D eigenvalue weighted by atomic mass is 10.2. The van der Waals surface area contributed by atoms with E-state index in [9.17, 15) is 4.79 Å². The second kappa shape index (κ2) is 8.38. The number of ether oxygens (including phenoxy) is 1. The Bertz CT molecular complexity index is 1150. The second-order valence-corrected chi connectivity index (χ2v) is 6.98. The van der Waals surface area contributed by atoms with Crippen molar-refractivity contribution in [3.05, 3.63) is 82.7 Å². The maximum atomic E-state index is 12.5. The Balaban J connectivity index is 1.40. The molecule has 8 nitrogen and oxygen atoms in total. The Hall–Kier alpha value is -3.65. The third-order valence-corrected chi connectivity index (χ3v) is 4.85. The summed E-state index contributed by atoms with van der Waals surface area (Å²) in [6.45, 7) is 4.06. The van der Waals surface area contributed by atoms with Crippen LogP contribution in [0.2, 0.25) is 5.02 Å². The summed E-state index contributed by atoms with van der Waals surface area (Å²) >= 11 is 6.30. The van der Waals surface area contributed by atoms with Crippen LogP contribution in [0.4, 0.5) is 5.69 Å². The van der Waals surface area contributed by atoms with Crippen LogP contribution in [0.3, 0.4) is 0 Å². The molecule has 9 heteroatoms. The average molecular weight is 424 g/mol. The van der Waals surface area contributed by atoms with E-state index in [2.05, 4.69) is 20.6 Å². The highest BCUT2D eigenvalue weighted by atomic mass is 35.5. The van der Waals surface area contributed by atoms with Crippen LogP contribution in [-0.2, 0) is 6.61 Å². The van der Waals surface area contributed by atoms with Crippen LogP contribution in [-0.4, -0.2) is 25.8 Å². The fourth-order valence-electron chi connectivity index (χ4n) is 2.87. The van der Waals surface area contributed by atoms with Crippen LogP contribution in [0, 0.1) is 13.8 Å². The van der Waals surface area contributed by atoms with Gasteiger partial charge in [0.25, 0.3) is 5.91 Å². The fraction of sp³-hybridized carbons (Fsp3) is 0.143. The zero-order valence-corrected chi connectivity index (χ0v) is 17.1. The molecule has 0 fully saturated rings. The Labute approximate surface area is 177 Å². The van der Waals surface area contributed by atoms with Gasteiger partial charge in [-0.2, -0.15) is 5.10 Å². The van der Waals surface area contributed by atoms with Crippen molar-refractivity contribution in [2.24, 2.45) is 0 Å². The van der Waals surface area contributed by atoms with Gasteiger partial charge in [-0.15, -0.1) is 0 Å². The van der Waals surface area contributed by atoms with Gasteiger partial charge in [0.2, 0.25) is 0 Å². The quantitative estimate of drug-likeness (QED) is 0.495. The van der Waals surface area contributed by atoms with Crippen LogP contribution in [0.15, 0.2) is 59.6 Å². The highest BCUT2D eigenvalue weighted by molar-refractivity contribution is 6.32. The number of carbonyl (C=O) groups excluding carboxylic acids is 1. The lowest BCUT2D eigenvalue weighted by Crippen LogP contribution is -2.12. The van der Waals surface area contributed by atoms with Gasteiger partial charge in [-0.05, 0) is 56.3 Å². The predicted octanol–water partition coefficient (Wildman–Crippen LogP) is 4.36. The van der Waals surface area contributed by atoms with Gasteiger partial charge in [-0.25, -0.2) is 9.67 Å². The Morgan fingerprint density at radius 2 is 2.00 bits per heavy atom. The molecule has 2 aromatic carbocycles. The number of carbonyl (C=O) groups is 1. The first kappa shape index (κ1) is 19.7. The zero-order chi connectivity index (χ0) is 21.1. The molecule has 0 atom stereocenters. The number of halogens is 1. The first-order valence-corrected chi connectivity index (χ1v) is 9.49. The van der Waals surface area contributed by atoms with Gasteiger partial charge in [-0.3, -0.25) is 4.79 Å². The number of aryl methyl sites for hydroxylation is 2. The normalized spacial score (nSPS) is 10.8. The van der Waals surface area contributed by atoms with Crippen LogP contribution < -0.4 is 10.1 Å². The third-order valence-electron chi connectivity index (χ3n) is 4.55. The molecule has 4 aromatic rings. The zero-order valence-electron chi connectivity index (χ0n) is 16.3. The number of rotatable bonds is 6. The standard InChI is InChI=1S/C21H18ClN5O3/c1-13-18(14(2)30-26-13)10-29-17-6-3-15(4-7-17)21(28)25-16-5-8-20(19(22)9-16)27-12-23-11-24-27/h3-9,11-12H,10H2,1-2H3,(H,25,28). The van der Waals surface area contributed by atoms with Crippen LogP contribution in [0.5, 0.6) is 5.75 Å². The van der Waals surface area contributed by atoms with Crippen molar-refractivity contribution in [3.8, 4) is 11.4 Å². The number of amides is 1. The molecule has 0 saturated heterocycles. The SMILES string of the molecule is Cc1noc(C)c1COc1ccc(C(=O)Nc2ccc(-n3cncn3)c(Cl)c2)cc1. The van der Waals surface area contributed by atoms with Gasteiger partial charge in [0, 0.05) is 11.3 Å². The molecule has 2 aromatic heterocycles. The lowest BCUT2D eigenvalue weighted by Gasteiger charge is -2.10. The van der Waals surface area contributed by atoms with Gasteiger partial charge in [0.1, 0.15) is 30.8 Å². The average Bonchev–Trinajstić information content (AvgIpc) is 3.37. The van der Waals surface area contributed by atoms with Crippen molar-refractivity contribution in [2.45, 2.75) is 20.5 Å². The molecule has 1 amide bonds. The highest BCUT2D eigenvalue weighted by Crippen LogP contribution is 2.24. The minimum Gasteiger partial charge on any atom is -0.489 e. The van der Waals surface area contributed by atoms with E-state index >= 15 is 0 Å². The van der Waals surface area contributed by atoms with E-state index in [1.54, 1.807) is 53.5 Å². The number of benzene rings is 2. The Morgan fingerprint density at radius 3 is 2.63 bits per heavy atom. The van der Waals surface area contributed by atoms with Crippen molar-refractivity contribution in [1.82, 2.24) is 19.9 Å². The monoisotopic (exact) mass is 423 g/mol. The molecule has 152 valence electrons. The fourth-order valence-corrected chi connectivity index (χ4v) is 3.14. The van der Waals surface area contributed by atoms with Gasteiger partial charge in [0.15, 0.2) is 0 Å². The molecule has 0 bridgehead atoms. The minimum absolute atomic E-state index is 0.253. The minimum atomic E-state index is -0.253. The molecule has 0 saturated carbocycles. The number of aromatic nitrogens is 4. The maximum absolute atomic E-state index is 12.5. The van der Waals surface area contributed by atoms with E-state index in [0.29, 0.717) is 34.3 Å². The van der Waals surface area contributed by atoms with Gasteiger partial charge in [0.05, 0.1) is 22.0 Å². The topological polar surface area (TPSA) is 95.1 Å². The molecule has 0 aliphatic carbocycles. The number of nitrogens with one attached hydrogen (secondary N) is 1. The summed E-state index contributed by atoms with van der Waals surface area (Å²) in [7, 11) is 0. The van der Waals surface area contributed by atoms with E-state index in [0.717, 1.165) is 17.0 Å². The van der Waals surface area contributed by atoms with Gasteiger partial charge >= 0.3 is 0 Å². The molecular formula is C21H18ClN5O3. The largest absolute Gasteiger partial charge is 0.489 e. The maximum Gasteiger partial charge on any atom is 0.255 e. The highest BCUT2D eigenvalue weighted by Gasteiger charge is 2.11. The molecule has 0 aliphatic heterocycles. The van der Waals surface area contributed by atoms with Crippen molar-refractivity contribution in [1.29, 1.82) is 0 Å². The van der Waals surface area contributed by atoms with E-state index < -0.39 is 0 Å². The van der Waals surface area contributed by atoms with Crippen molar-refractivity contribution >= 4 is 23.2 Å². The van der Waals surface area contributed by atoms with Crippen LogP contribution in [0.25, 0.3) is 5.69 Å². The lowest BCUT2D eigenvalue weighted by molar-refractivity contribution is 0.102. The van der Waals surface area contributed by atoms with Gasteiger partial charge < -0.3 is 14.6 Å². The summed E-state index contributed by atoms with van der Waals surface area (Å²) in [5.74, 6) is 1.13. The van der Waals surface area contributed by atoms with Crippen molar-refractivity contribution in [2.75, 3.05) is 5.32 Å². The molecule has 0 radical (unpaired) electrons. The smallest absolute Gasteiger partial charge is 0.255 e. The van der Waals surface area contributed by atoms with Crippen LogP contribution in [0.1, 0.15) is 27.4 Å². The predicted molar refractivity (Wildman–Crippen MR) is 111 cm³/mol. The number of hydrogen-bond donors (Lipinski definition) is 1. The Morgan fingerprint density at radius 1 is 1.20 bits per heavy atom. The number of hydrogen-bond acceptors (Lipinski definition) is 6. The molecule has 0 unspecified atom stereocenters. The summed E-state index contributed by atoms with van der Waals surface area (Å²) in [5, 5.41) is 11.2. The summed E-state index contributed by atoms with van der Waals surface area (Å²) in [5.41, 5.74) is 3.47. The van der Waals surface area contributed by atoms with E-state index in [-0.39, 0.29) is 5.91 Å². The molecule has 0 spiro atoms. The molecule has 2 heterocycles. The van der Waals surface area contributed by atoms with Gasteiger partial charge in [-0.1, -0.05) is 16.8 Å².